The largest absolute Gasteiger partial charge is 0.466 e. The summed E-state index contributed by atoms with van der Waals surface area (Å²) < 4.78 is 5.06. The summed E-state index contributed by atoms with van der Waals surface area (Å²) in [6.45, 7) is 10.0. The standard InChI is InChI=1S/C12H23NO3/c1-6-16-10(14)9-7-11(2,3)13(15)12(4,5)8-9/h9,15H,6-8H2,1-5H3. The zero-order valence-electron chi connectivity index (χ0n) is 10.9. The molecule has 0 saturated carbocycles. The molecule has 4 nitrogen and oxygen atoms in total. The predicted molar refractivity (Wildman–Crippen MR) is 61.1 cm³/mol. The van der Waals surface area contributed by atoms with Crippen molar-refractivity contribution in [2.45, 2.75) is 58.5 Å². The van der Waals surface area contributed by atoms with Crippen LogP contribution in [0.15, 0.2) is 0 Å². The van der Waals surface area contributed by atoms with Gasteiger partial charge in [0.2, 0.25) is 0 Å². The number of hydroxylamine groups is 2. The Morgan fingerprint density at radius 1 is 1.31 bits per heavy atom. The molecule has 0 aromatic carbocycles. The fourth-order valence-electron chi connectivity index (χ4n) is 2.70. The van der Waals surface area contributed by atoms with Gasteiger partial charge in [0.05, 0.1) is 12.5 Å². The average molecular weight is 229 g/mol. The van der Waals surface area contributed by atoms with E-state index in [4.69, 9.17) is 4.74 Å². The molecule has 1 heterocycles. The summed E-state index contributed by atoms with van der Waals surface area (Å²) in [5, 5.41) is 11.4. The minimum atomic E-state index is -0.390. The Bertz CT molecular complexity index is 255. The summed E-state index contributed by atoms with van der Waals surface area (Å²) in [5.74, 6) is -0.259. The van der Waals surface area contributed by atoms with Gasteiger partial charge in [0.1, 0.15) is 0 Å². The van der Waals surface area contributed by atoms with Crippen molar-refractivity contribution >= 4 is 5.97 Å². The van der Waals surface area contributed by atoms with Crippen molar-refractivity contribution in [1.29, 1.82) is 0 Å². The highest BCUT2D eigenvalue weighted by Gasteiger charge is 2.47. The molecule has 0 aromatic heterocycles. The fraction of sp³-hybridized carbons (Fsp3) is 0.917. The molecule has 1 rings (SSSR count). The lowest BCUT2D eigenvalue weighted by atomic mass is 9.75. The van der Waals surface area contributed by atoms with Crippen LogP contribution in [0.5, 0.6) is 0 Å². The molecule has 0 atom stereocenters. The number of hydrogen-bond donors (Lipinski definition) is 1. The third kappa shape index (κ3) is 2.55. The van der Waals surface area contributed by atoms with Crippen LogP contribution in [-0.4, -0.2) is 33.9 Å². The molecule has 0 bridgehead atoms. The first kappa shape index (κ1) is 13.5. The fourth-order valence-corrected chi connectivity index (χ4v) is 2.70. The summed E-state index contributed by atoms with van der Waals surface area (Å²) in [6.07, 6.45) is 1.26. The third-order valence-corrected chi connectivity index (χ3v) is 3.26. The Morgan fingerprint density at radius 2 is 1.75 bits per heavy atom. The lowest BCUT2D eigenvalue weighted by Gasteiger charge is -2.50. The van der Waals surface area contributed by atoms with Crippen LogP contribution in [0, 0.1) is 5.92 Å². The van der Waals surface area contributed by atoms with Crippen LogP contribution in [0.2, 0.25) is 0 Å². The van der Waals surface area contributed by atoms with E-state index in [1.807, 2.05) is 34.6 Å². The SMILES string of the molecule is CCOC(=O)C1CC(C)(C)N(O)C(C)(C)C1. The van der Waals surface area contributed by atoms with Crippen molar-refractivity contribution in [3.8, 4) is 0 Å². The maximum atomic E-state index is 11.8. The van der Waals surface area contributed by atoms with Crippen LogP contribution < -0.4 is 0 Å². The molecule has 0 aliphatic carbocycles. The molecule has 1 saturated heterocycles. The number of nitrogens with zero attached hydrogens (tertiary/aromatic N) is 1. The average Bonchev–Trinajstić information content (AvgIpc) is 2.13. The first-order valence-corrected chi connectivity index (χ1v) is 5.86. The lowest BCUT2D eigenvalue weighted by Crippen LogP contribution is -2.60. The van der Waals surface area contributed by atoms with E-state index < -0.39 is 0 Å². The van der Waals surface area contributed by atoms with E-state index >= 15 is 0 Å². The Morgan fingerprint density at radius 3 is 2.12 bits per heavy atom. The number of ether oxygens (including phenoxy) is 1. The Balaban J connectivity index is 2.82. The van der Waals surface area contributed by atoms with Crippen LogP contribution in [-0.2, 0) is 9.53 Å². The van der Waals surface area contributed by atoms with E-state index in [2.05, 4.69) is 0 Å². The highest BCUT2D eigenvalue weighted by Crippen LogP contribution is 2.40. The molecule has 0 aromatic rings. The van der Waals surface area contributed by atoms with Crippen molar-refractivity contribution in [1.82, 2.24) is 5.06 Å². The van der Waals surface area contributed by atoms with Gasteiger partial charge in [-0.3, -0.25) is 4.79 Å². The van der Waals surface area contributed by atoms with Crippen molar-refractivity contribution in [3.05, 3.63) is 0 Å². The van der Waals surface area contributed by atoms with Gasteiger partial charge in [-0.25, -0.2) is 0 Å². The van der Waals surface area contributed by atoms with Gasteiger partial charge in [0.25, 0.3) is 0 Å². The molecule has 0 unspecified atom stereocenters. The van der Waals surface area contributed by atoms with Crippen LogP contribution in [0.3, 0.4) is 0 Å². The second-order valence-corrected chi connectivity index (χ2v) is 5.79. The molecule has 0 spiro atoms. The van der Waals surface area contributed by atoms with Crippen molar-refractivity contribution < 1.29 is 14.7 Å². The first-order chi connectivity index (χ1) is 7.20. The molecule has 1 aliphatic rings. The maximum absolute atomic E-state index is 11.8. The smallest absolute Gasteiger partial charge is 0.309 e. The highest BCUT2D eigenvalue weighted by atomic mass is 16.5. The zero-order chi connectivity index (χ0) is 12.6. The highest BCUT2D eigenvalue weighted by molar-refractivity contribution is 5.72. The topological polar surface area (TPSA) is 49.8 Å². The van der Waals surface area contributed by atoms with Gasteiger partial charge < -0.3 is 9.94 Å². The number of carbonyl (C=O) groups is 1. The number of rotatable bonds is 2. The summed E-state index contributed by atoms with van der Waals surface area (Å²) in [5.41, 5.74) is -0.779. The van der Waals surface area contributed by atoms with E-state index in [-0.39, 0.29) is 23.0 Å². The molecular formula is C12H23NO3. The normalized spacial score (nSPS) is 25.4. The van der Waals surface area contributed by atoms with Crippen molar-refractivity contribution in [2.75, 3.05) is 6.61 Å². The number of carbonyl (C=O) groups excluding carboxylic acids is 1. The number of esters is 1. The molecule has 94 valence electrons. The number of hydrogen-bond acceptors (Lipinski definition) is 4. The third-order valence-electron chi connectivity index (χ3n) is 3.26. The van der Waals surface area contributed by atoms with Gasteiger partial charge >= 0.3 is 5.97 Å². The Hall–Kier alpha value is -0.610. The van der Waals surface area contributed by atoms with Gasteiger partial charge in [-0.1, -0.05) is 0 Å². The molecule has 0 amide bonds. The second-order valence-electron chi connectivity index (χ2n) is 5.79. The van der Waals surface area contributed by atoms with Gasteiger partial charge in [-0.05, 0) is 47.5 Å². The monoisotopic (exact) mass is 229 g/mol. The summed E-state index contributed by atoms with van der Waals surface area (Å²) in [7, 11) is 0. The quantitative estimate of drug-likeness (QED) is 0.738. The van der Waals surface area contributed by atoms with Gasteiger partial charge in [-0.15, -0.1) is 0 Å². The second kappa shape index (κ2) is 4.34. The van der Waals surface area contributed by atoms with E-state index in [1.165, 1.54) is 5.06 Å². The van der Waals surface area contributed by atoms with E-state index in [9.17, 15) is 10.0 Å². The Kier molecular flexibility index (Phi) is 3.65. The lowest BCUT2D eigenvalue weighted by molar-refractivity contribution is -0.251. The summed E-state index contributed by atoms with van der Waals surface area (Å²) >= 11 is 0. The van der Waals surface area contributed by atoms with Crippen LogP contribution in [0.25, 0.3) is 0 Å². The molecule has 16 heavy (non-hydrogen) atoms. The minimum Gasteiger partial charge on any atom is -0.466 e. The van der Waals surface area contributed by atoms with Gasteiger partial charge in [-0.2, -0.15) is 5.06 Å². The zero-order valence-corrected chi connectivity index (χ0v) is 10.9. The van der Waals surface area contributed by atoms with Gasteiger partial charge in [0, 0.05) is 11.1 Å². The molecule has 4 heteroatoms. The van der Waals surface area contributed by atoms with E-state index in [1.54, 1.807) is 0 Å². The first-order valence-electron chi connectivity index (χ1n) is 5.86. The van der Waals surface area contributed by atoms with Crippen LogP contribution in [0.4, 0.5) is 0 Å². The number of piperidine rings is 1. The van der Waals surface area contributed by atoms with E-state index in [0.717, 1.165) is 0 Å². The predicted octanol–water partition coefficient (Wildman–Crippen LogP) is 2.21. The van der Waals surface area contributed by atoms with Crippen LogP contribution in [0.1, 0.15) is 47.5 Å². The molecule has 1 N–H and O–H groups in total. The molecular weight excluding hydrogens is 206 g/mol. The van der Waals surface area contributed by atoms with Crippen molar-refractivity contribution in [2.24, 2.45) is 5.92 Å². The minimum absolute atomic E-state index is 0.117. The molecule has 1 fully saturated rings. The summed E-state index contributed by atoms with van der Waals surface area (Å²) in [6, 6.07) is 0. The van der Waals surface area contributed by atoms with Crippen molar-refractivity contribution in [3.63, 3.8) is 0 Å². The summed E-state index contributed by atoms with van der Waals surface area (Å²) in [4.78, 5) is 11.8. The maximum Gasteiger partial charge on any atom is 0.309 e. The Labute approximate surface area is 97.5 Å². The van der Waals surface area contributed by atoms with Gasteiger partial charge in [0.15, 0.2) is 0 Å². The van der Waals surface area contributed by atoms with Crippen LogP contribution >= 0.6 is 0 Å². The molecule has 0 radical (unpaired) electrons. The molecule has 1 aliphatic heterocycles. The van der Waals surface area contributed by atoms with E-state index in [0.29, 0.717) is 19.4 Å².